The maximum atomic E-state index is 12.5. The van der Waals surface area contributed by atoms with Gasteiger partial charge in [0.2, 0.25) is 5.91 Å². The number of aliphatic hydroxyl groups is 1. The molecule has 1 aromatic rings. The van der Waals surface area contributed by atoms with Gasteiger partial charge >= 0.3 is 0 Å². The Morgan fingerprint density at radius 3 is 2.75 bits per heavy atom. The summed E-state index contributed by atoms with van der Waals surface area (Å²) in [7, 11) is 1.65. The van der Waals surface area contributed by atoms with Crippen LogP contribution in [0.1, 0.15) is 63.4 Å². The van der Waals surface area contributed by atoms with Crippen LogP contribution in [-0.4, -0.2) is 30.8 Å². The van der Waals surface area contributed by atoms with E-state index in [0.29, 0.717) is 18.8 Å². The Morgan fingerprint density at radius 1 is 1.33 bits per heavy atom. The van der Waals surface area contributed by atoms with E-state index in [-0.39, 0.29) is 24.5 Å². The number of benzene rings is 1. The normalized spacial score (nSPS) is 18.0. The summed E-state index contributed by atoms with van der Waals surface area (Å²) in [5.74, 6) is 1.55. The summed E-state index contributed by atoms with van der Waals surface area (Å²) in [5.41, 5.74) is 1.11. The van der Waals surface area contributed by atoms with Crippen molar-refractivity contribution < 1.29 is 14.6 Å². The molecule has 4 nitrogen and oxygen atoms in total. The molecule has 0 saturated heterocycles. The molecule has 24 heavy (non-hydrogen) atoms. The molecule has 134 valence electrons. The minimum absolute atomic E-state index is 0.0781. The molecule has 1 amide bonds. The number of hydrogen-bond acceptors (Lipinski definition) is 3. The molecule has 1 fully saturated rings. The number of rotatable bonds is 8. The molecular formula is C20H31NO3. The molecule has 0 aromatic heterocycles. The molecule has 1 aromatic carbocycles. The van der Waals surface area contributed by atoms with Gasteiger partial charge in [0.15, 0.2) is 0 Å². The van der Waals surface area contributed by atoms with Crippen LogP contribution >= 0.6 is 0 Å². The number of ether oxygens (including phenoxy) is 1. The average Bonchev–Trinajstić information content (AvgIpc) is 2.62. The van der Waals surface area contributed by atoms with Crippen LogP contribution in [0.5, 0.6) is 5.75 Å². The first-order chi connectivity index (χ1) is 11.6. The van der Waals surface area contributed by atoms with Crippen LogP contribution in [0, 0.1) is 5.92 Å². The molecule has 2 rings (SSSR count). The van der Waals surface area contributed by atoms with Gasteiger partial charge in [0.1, 0.15) is 5.75 Å². The highest BCUT2D eigenvalue weighted by molar-refractivity contribution is 5.77. The second-order valence-corrected chi connectivity index (χ2v) is 6.97. The zero-order chi connectivity index (χ0) is 17.4. The first-order valence-corrected chi connectivity index (χ1v) is 9.18. The second kappa shape index (κ2) is 9.67. The molecule has 0 unspecified atom stereocenters. The lowest BCUT2D eigenvalue weighted by Gasteiger charge is -2.31. The maximum absolute atomic E-state index is 12.5. The summed E-state index contributed by atoms with van der Waals surface area (Å²) >= 11 is 0. The lowest BCUT2D eigenvalue weighted by atomic mass is 9.82. The van der Waals surface area contributed by atoms with Crippen LogP contribution < -0.4 is 10.1 Å². The highest BCUT2D eigenvalue weighted by Crippen LogP contribution is 2.28. The summed E-state index contributed by atoms with van der Waals surface area (Å²) < 4.78 is 5.26. The van der Waals surface area contributed by atoms with Gasteiger partial charge in [-0.25, -0.2) is 0 Å². The third-order valence-electron chi connectivity index (χ3n) is 5.16. The van der Waals surface area contributed by atoms with Crippen molar-refractivity contribution in [2.45, 2.75) is 63.8 Å². The number of nitrogens with one attached hydrogen (secondary N) is 1. The van der Waals surface area contributed by atoms with Gasteiger partial charge < -0.3 is 15.2 Å². The largest absolute Gasteiger partial charge is 0.497 e. The van der Waals surface area contributed by atoms with Crippen molar-refractivity contribution >= 4 is 5.91 Å². The van der Waals surface area contributed by atoms with E-state index in [1.54, 1.807) is 7.11 Å². The Hall–Kier alpha value is -1.55. The fourth-order valence-electron chi connectivity index (χ4n) is 3.71. The van der Waals surface area contributed by atoms with Gasteiger partial charge in [-0.3, -0.25) is 4.79 Å². The van der Waals surface area contributed by atoms with E-state index in [0.717, 1.165) is 24.2 Å². The quantitative estimate of drug-likeness (QED) is 0.763. The van der Waals surface area contributed by atoms with E-state index in [9.17, 15) is 9.90 Å². The monoisotopic (exact) mass is 333 g/mol. The minimum atomic E-state index is 0.0781. The standard InChI is InChI=1S/C20H31NO3/c1-15(17-9-6-10-18(14-17)24-2)13-20(23)21-19(11-12-22)16-7-4-3-5-8-16/h6,9-10,14-16,19,22H,3-5,7-8,11-13H2,1-2H3,(H,21,23)/t15-,19-/m1/s1. The number of methoxy groups -OCH3 is 1. The lowest BCUT2D eigenvalue weighted by Crippen LogP contribution is -2.42. The van der Waals surface area contributed by atoms with E-state index >= 15 is 0 Å². The lowest BCUT2D eigenvalue weighted by molar-refractivity contribution is -0.122. The molecule has 1 saturated carbocycles. The van der Waals surface area contributed by atoms with Crippen LogP contribution in [-0.2, 0) is 4.79 Å². The number of carbonyl (C=O) groups excluding carboxylic acids is 1. The Kier molecular flexibility index (Phi) is 7.57. The van der Waals surface area contributed by atoms with Crippen molar-refractivity contribution in [1.29, 1.82) is 0 Å². The average molecular weight is 333 g/mol. The van der Waals surface area contributed by atoms with Crippen LogP contribution in [0.15, 0.2) is 24.3 Å². The Morgan fingerprint density at radius 2 is 2.08 bits per heavy atom. The predicted octanol–water partition coefficient (Wildman–Crippen LogP) is 3.64. The number of hydrogen-bond donors (Lipinski definition) is 2. The number of aliphatic hydroxyl groups excluding tert-OH is 1. The zero-order valence-corrected chi connectivity index (χ0v) is 15.0. The van der Waals surface area contributed by atoms with Gasteiger partial charge in [-0.15, -0.1) is 0 Å². The molecule has 4 heteroatoms. The van der Waals surface area contributed by atoms with Gasteiger partial charge in [-0.1, -0.05) is 38.3 Å². The molecule has 1 aliphatic carbocycles. The van der Waals surface area contributed by atoms with Crippen LogP contribution in [0.4, 0.5) is 0 Å². The topological polar surface area (TPSA) is 58.6 Å². The minimum Gasteiger partial charge on any atom is -0.497 e. The van der Waals surface area contributed by atoms with E-state index in [1.807, 2.05) is 24.3 Å². The van der Waals surface area contributed by atoms with Gasteiger partial charge in [0, 0.05) is 19.1 Å². The highest BCUT2D eigenvalue weighted by atomic mass is 16.5. The van der Waals surface area contributed by atoms with Crippen LogP contribution in [0.25, 0.3) is 0 Å². The highest BCUT2D eigenvalue weighted by Gasteiger charge is 2.25. The van der Waals surface area contributed by atoms with Gasteiger partial charge in [0.05, 0.1) is 7.11 Å². The fourth-order valence-corrected chi connectivity index (χ4v) is 3.71. The summed E-state index contributed by atoms with van der Waals surface area (Å²) in [6.45, 7) is 2.20. The van der Waals surface area contributed by atoms with Crippen molar-refractivity contribution in [3.63, 3.8) is 0 Å². The molecule has 1 aliphatic rings. The van der Waals surface area contributed by atoms with E-state index in [1.165, 1.54) is 19.3 Å². The molecule has 2 atom stereocenters. The summed E-state index contributed by atoms with van der Waals surface area (Å²) in [5, 5.41) is 12.5. The SMILES string of the molecule is COc1cccc([C@H](C)CC(=O)N[C@H](CCO)C2CCCCC2)c1. The summed E-state index contributed by atoms with van der Waals surface area (Å²) in [6.07, 6.45) is 7.22. The smallest absolute Gasteiger partial charge is 0.220 e. The van der Waals surface area contributed by atoms with Crippen molar-refractivity contribution in [2.24, 2.45) is 5.92 Å². The summed E-state index contributed by atoms with van der Waals surface area (Å²) in [4.78, 5) is 12.5. The molecule has 0 bridgehead atoms. The molecule has 0 heterocycles. The molecule has 0 radical (unpaired) electrons. The van der Waals surface area contributed by atoms with Crippen molar-refractivity contribution in [2.75, 3.05) is 13.7 Å². The van der Waals surface area contributed by atoms with E-state index in [4.69, 9.17) is 4.74 Å². The molecular weight excluding hydrogens is 302 g/mol. The Balaban J connectivity index is 1.91. The van der Waals surface area contributed by atoms with E-state index < -0.39 is 0 Å². The first kappa shape index (κ1) is 18.8. The van der Waals surface area contributed by atoms with Crippen molar-refractivity contribution in [3.8, 4) is 5.75 Å². The third-order valence-corrected chi connectivity index (χ3v) is 5.16. The number of amides is 1. The number of carbonyl (C=O) groups is 1. The van der Waals surface area contributed by atoms with Gasteiger partial charge in [-0.05, 0) is 48.8 Å². The molecule has 0 spiro atoms. The maximum Gasteiger partial charge on any atom is 0.220 e. The Labute approximate surface area is 145 Å². The predicted molar refractivity (Wildman–Crippen MR) is 96.2 cm³/mol. The second-order valence-electron chi connectivity index (χ2n) is 6.97. The Bertz CT molecular complexity index is 511. The van der Waals surface area contributed by atoms with Crippen molar-refractivity contribution in [3.05, 3.63) is 29.8 Å². The molecule has 2 N–H and O–H groups in total. The molecule has 0 aliphatic heterocycles. The summed E-state index contributed by atoms with van der Waals surface area (Å²) in [6, 6.07) is 8.01. The van der Waals surface area contributed by atoms with Crippen LogP contribution in [0.3, 0.4) is 0 Å². The fraction of sp³-hybridized carbons (Fsp3) is 0.650. The van der Waals surface area contributed by atoms with Gasteiger partial charge in [0.25, 0.3) is 0 Å². The van der Waals surface area contributed by atoms with Crippen molar-refractivity contribution in [1.82, 2.24) is 5.32 Å². The first-order valence-electron chi connectivity index (χ1n) is 9.18. The van der Waals surface area contributed by atoms with Gasteiger partial charge in [-0.2, -0.15) is 0 Å². The van der Waals surface area contributed by atoms with E-state index in [2.05, 4.69) is 12.2 Å². The zero-order valence-electron chi connectivity index (χ0n) is 15.0. The third kappa shape index (κ3) is 5.52. The van der Waals surface area contributed by atoms with Crippen LogP contribution in [0.2, 0.25) is 0 Å².